The summed E-state index contributed by atoms with van der Waals surface area (Å²) in [6.07, 6.45) is -0.761. The molecule has 3 aliphatic heterocycles. The lowest BCUT2D eigenvalue weighted by Gasteiger charge is -2.46. The summed E-state index contributed by atoms with van der Waals surface area (Å²) in [4.78, 5) is 43.9. The van der Waals surface area contributed by atoms with Crippen LogP contribution in [0.2, 0.25) is 5.02 Å². The molecule has 0 bridgehead atoms. The number of rotatable bonds is 4. The number of halogens is 2. The number of anilines is 1. The molecule has 2 fully saturated rings. The minimum absolute atomic E-state index is 0.440. The van der Waals surface area contributed by atoms with E-state index in [0.717, 1.165) is 14.7 Å². The monoisotopic (exact) mass is 690 g/mol. The molecule has 4 aromatic rings. The third-order valence-electron chi connectivity index (χ3n) is 8.70. The van der Waals surface area contributed by atoms with Crippen molar-refractivity contribution in [3.63, 3.8) is 0 Å². The first-order chi connectivity index (χ1) is 20.3. The van der Waals surface area contributed by atoms with Crippen LogP contribution >= 0.6 is 34.2 Å². The van der Waals surface area contributed by atoms with Gasteiger partial charge >= 0.3 is 11.9 Å². The predicted molar refractivity (Wildman–Crippen MR) is 165 cm³/mol. The second-order valence-electron chi connectivity index (χ2n) is 10.8. The number of nitrogens with zero attached hydrogens (tertiary/aromatic N) is 1. The number of esters is 1. The molecule has 4 aromatic carbocycles. The van der Waals surface area contributed by atoms with Gasteiger partial charge < -0.3 is 15.2 Å². The number of amides is 1. The Kier molecular flexibility index (Phi) is 6.60. The largest absolute Gasteiger partial charge is 0.481 e. The lowest BCUT2D eigenvalue weighted by atomic mass is 9.65. The number of fused-ring (bicyclic) bond motifs is 3. The zero-order valence-electron chi connectivity index (χ0n) is 22.0. The fourth-order valence-corrected chi connectivity index (χ4v) is 7.91. The van der Waals surface area contributed by atoms with Gasteiger partial charge in [-0.2, -0.15) is 0 Å². The third-order valence-corrected chi connectivity index (χ3v) is 9.61. The molecule has 2 saturated heterocycles. The van der Waals surface area contributed by atoms with Crippen molar-refractivity contribution in [3.05, 3.63) is 134 Å². The zero-order chi connectivity index (χ0) is 29.2. The van der Waals surface area contributed by atoms with Crippen LogP contribution in [-0.4, -0.2) is 33.9 Å². The number of hydrogen-bond acceptors (Lipinski definition) is 5. The normalized spacial score (nSPS) is 28.2. The minimum atomic E-state index is -1.66. The Morgan fingerprint density at radius 3 is 2.19 bits per heavy atom. The summed E-state index contributed by atoms with van der Waals surface area (Å²) in [6.45, 7) is 0. The molecule has 1 unspecified atom stereocenters. The third kappa shape index (κ3) is 3.92. The van der Waals surface area contributed by atoms with Gasteiger partial charge in [0.1, 0.15) is 23.5 Å². The molecule has 210 valence electrons. The highest BCUT2D eigenvalue weighted by atomic mass is 127. The maximum Gasteiger partial charge on any atom is 0.325 e. The van der Waals surface area contributed by atoms with E-state index in [2.05, 4.69) is 27.9 Å². The van der Waals surface area contributed by atoms with E-state index in [1.165, 1.54) is 0 Å². The Bertz CT molecular complexity index is 1740. The number of nitrogens with one attached hydrogen (secondary N) is 1. The van der Waals surface area contributed by atoms with Gasteiger partial charge in [-0.05, 0) is 75.2 Å². The second kappa shape index (κ2) is 10.2. The van der Waals surface area contributed by atoms with Crippen LogP contribution < -0.4 is 5.32 Å². The summed E-state index contributed by atoms with van der Waals surface area (Å²) in [5.41, 5.74) is 1.65. The van der Waals surface area contributed by atoms with Crippen LogP contribution in [0.15, 0.2) is 103 Å². The molecule has 2 N–H and O–H groups in total. The lowest BCUT2D eigenvalue weighted by Crippen LogP contribution is -2.52. The number of carboxylic acid groups (broad SMARTS) is 1. The molecule has 42 heavy (non-hydrogen) atoms. The SMILES string of the molecule is O=C1O[C@H](c2ccccc2)[C@H](c2ccccc2)N2C1[C@@H](C(=O)O)[C@]1(C(=O)Nc3ccc(I)cc31)[C@H]2c1cccc(Cl)c1. The van der Waals surface area contributed by atoms with E-state index in [1.807, 2.05) is 83.8 Å². The molecule has 7 rings (SSSR count). The molecule has 3 aliphatic rings. The average molecular weight is 691 g/mol. The predicted octanol–water partition coefficient (Wildman–Crippen LogP) is 6.30. The van der Waals surface area contributed by atoms with Crippen molar-refractivity contribution in [2.24, 2.45) is 5.92 Å². The van der Waals surface area contributed by atoms with Crippen molar-refractivity contribution in [1.82, 2.24) is 4.90 Å². The van der Waals surface area contributed by atoms with Gasteiger partial charge in [0.05, 0.1) is 12.1 Å². The smallest absolute Gasteiger partial charge is 0.325 e. The molecule has 0 aromatic heterocycles. The van der Waals surface area contributed by atoms with Gasteiger partial charge in [0.15, 0.2) is 0 Å². The van der Waals surface area contributed by atoms with E-state index in [4.69, 9.17) is 16.3 Å². The van der Waals surface area contributed by atoms with E-state index in [0.29, 0.717) is 21.8 Å². The molecule has 0 saturated carbocycles. The Balaban J connectivity index is 1.58. The molecule has 0 radical (unpaired) electrons. The summed E-state index contributed by atoms with van der Waals surface area (Å²) in [5.74, 6) is -3.85. The average Bonchev–Trinajstić information content (AvgIpc) is 3.46. The molecular formula is C33H24ClIN2O5. The Hall–Kier alpha value is -3.73. The number of carboxylic acids is 1. The minimum Gasteiger partial charge on any atom is -0.481 e. The van der Waals surface area contributed by atoms with Gasteiger partial charge in [-0.3, -0.25) is 19.3 Å². The van der Waals surface area contributed by atoms with Crippen LogP contribution in [0, 0.1) is 9.49 Å². The maximum atomic E-state index is 14.4. The van der Waals surface area contributed by atoms with Gasteiger partial charge in [-0.25, -0.2) is 0 Å². The number of hydrogen-bond donors (Lipinski definition) is 2. The van der Waals surface area contributed by atoms with Crippen LogP contribution in [0.4, 0.5) is 5.69 Å². The van der Waals surface area contributed by atoms with Gasteiger partial charge in [0.25, 0.3) is 0 Å². The van der Waals surface area contributed by atoms with Gasteiger partial charge in [0.2, 0.25) is 5.91 Å². The topological polar surface area (TPSA) is 95.9 Å². The number of carbonyl (C=O) groups excluding carboxylic acids is 2. The summed E-state index contributed by atoms with van der Waals surface area (Å²) in [6, 6.07) is 28.9. The highest BCUT2D eigenvalue weighted by Gasteiger charge is 2.74. The van der Waals surface area contributed by atoms with Crippen LogP contribution in [0.25, 0.3) is 0 Å². The van der Waals surface area contributed by atoms with E-state index in [-0.39, 0.29) is 0 Å². The van der Waals surface area contributed by atoms with Gasteiger partial charge in [0, 0.05) is 14.3 Å². The molecule has 0 aliphatic carbocycles. The molecule has 6 atom stereocenters. The van der Waals surface area contributed by atoms with Crippen molar-refractivity contribution in [2.45, 2.75) is 29.6 Å². The first kappa shape index (κ1) is 27.1. The van der Waals surface area contributed by atoms with E-state index < -0.39 is 53.4 Å². The first-order valence-electron chi connectivity index (χ1n) is 13.5. The number of carbonyl (C=O) groups is 3. The van der Waals surface area contributed by atoms with Gasteiger partial charge in [-0.1, -0.05) is 84.4 Å². The van der Waals surface area contributed by atoms with Crippen molar-refractivity contribution in [3.8, 4) is 0 Å². The van der Waals surface area contributed by atoms with Crippen molar-refractivity contribution in [1.29, 1.82) is 0 Å². The van der Waals surface area contributed by atoms with E-state index in [9.17, 15) is 19.5 Å². The highest BCUT2D eigenvalue weighted by Crippen LogP contribution is 2.64. The van der Waals surface area contributed by atoms with Crippen LogP contribution in [0.3, 0.4) is 0 Å². The fourth-order valence-electron chi connectivity index (χ4n) is 7.22. The standard InChI is InChI=1S/C33H24ClIN2O5/c34-21-13-7-12-20(16-21)29-33(23-17-22(35)14-15-24(23)36-32(33)41)25(30(38)39)27-31(40)42-28(19-10-5-2-6-11-19)26(37(27)29)18-8-3-1-4-9-18/h1-17,25-29H,(H,36,41)(H,38,39)/t25-,26-,27?,28+,29+,33-/m0/s1. The number of aliphatic carboxylic acids is 1. The van der Waals surface area contributed by atoms with Crippen molar-refractivity contribution >= 4 is 57.7 Å². The zero-order valence-corrected chi connectivity index (χ0v) is 24.9. The molecule has 7 nitrogen and oxygen atoms in total. The van der Waals surface area contributed by atoms with Crippen LogP contribution in [0.1, 0.15) is 40.4 Å². The van der Waals surface area contributed by atoms with E-state index >= 15 is 0 Å². The Labute approximate surface area is 260 Å². The molecule has 3 heterocycles. The van der Waals surface area contributed by atoms with Crippen molar-refractivity contribution in [2.75, 3.05) is 5.32 Å². The summed E-state index contributed by atoms with van der Waals surface area (Å²) in [5, 5.41) is 14.3. The number of benzene rings is 4. The fraction of sp³-hybridized carbons (Fsp3) is 0.182. The Morgan fingerprint density at radius 1 is 0.857 bits per heavy atom. The number of ether oxygens (including phenoxy) is 1. The maximum absolute atomic E-state index is 14.4. The Morgan fingerprint density at radius 2 is 1.52 bits per heavy atom. The summed E-state index contributed by atoms with van der Waals surface area (Å²) >= 11 is 8.69. The lowest BCUT2D eigenvalue weighted by molar-refractivity contribution is -0.179. The van der Waals surface area contributed by atoms with Gasteiger partial charge in [-0.15, -0.1) is 0 Å². The number of morpholine rings is 1. The van der Waals surface area contributed by atoms with Crippen LogP contribution in [-0.2, 0) is 24.5 Å². The quantitative estimate of drug-likeness (QED) is 0.193. The van der Waals surface area contributed by atoms with Crippen molar-refractivity contribution < 1.29 is 24.2 Å². The molecule has 1 amide bonds. The first-order valence-corrected chi connectivity index (χ1v) is 15.0. The second-order valence-corrected chi connectivity index (χ2v) is 12.5. The summed E-state index contributed by atoms with van der Waals surface area (Å²) < 4.78 is 7.03. The summed E-state index contributed by atoms with van der Waals surface area (Å²) in [7, 11) is 0. The number of cyclic esters (lactones) is 1. The molecule has 9 heteroatoms. The van der Waals surface area contributed by atoms with E-state index in [1.54, 1.807) is 24.3 Å². The molecular weight excluding hydrogens is 667 g/mol. The molecule has 1 spiro atoms. The van der Waals surface area contributed by atoms with Crippen LogP contribution in [0.5, 0.6) is 0 Å². The highest BCUT2D eigenvalue weighted by molar-refractivity contribution is 14.1.